The van der Waals surface area contributed by atoms with Crippen molar-refractivity contribution in [2.45, 2.75) is 20.0 Å². The van der Waals surface area contributed by atoms with Crippen LogP contribution in [0.4, 0.5) is 0 Å². The lowest BCUT2D eigenvalue weighted by Gasteiger charge is -2.08. The first kappa shape index (κ1) is 11.0. The molecule has 0 fully saturated rings. The van der Waals surface area contributed by atoms with E-state index in [1.54, 1.807) is 6.26 Å². The highest BCUT2D eigenvalue weighted by Crippen LogP contribution is 2.21. The van der Waals surface area contributed by atoms with E-state index in [0.29, 0.717) is 13.2 Å². The van der Waals surface area contributed by atoms with Crippen LogP contribution in [0.2, 0.25) is 0 Å². The van der Waals surface area contributed by atoms with Crippen LogP contribution in [0, 0.1) is 0 Å². The molecule has 0 saturated heterocycles. The lowest BCUT2D eigenvalue weighted by atomic mass is 10.2. The van der Waals surface area contributed by atoms with Gasteiger partial charge in [-0.1, -0.05) is 0 Å². The molecule has 0 aliphatic carbocycles. The molecule has 3 heteroatoms. The van der Waals surface area contributed by atoms with E-state index in [2.05, 4.69) is 0 Å². The maximum Gasteiger partial charge on any atom is 0.137 e. The van der Waals surface area contributed by atoms with E-state index >= 15 is 0 Å². The van der Waals surface area contributed by atoms with E-state index in [1.807, 2.05) is 38.1 Å². The molecule has 1 heterocycles. The zero-order valence-electron chi connectivity index (χ0n) is 9.60. The van der Waals surface area contributed by atoms with Crippen LogP contribution in [-0.2, 0) is 4.74 Å². The van der Waals surface area contributed by atoms with Crippen LogP contribution >= 0.6 is 0 Å². The van der Waals surface area contributed by atoms with Crippen LogP contribution in [0.15, 0.2) is 34.9 Å². The second-order valence-electron chi connectivity index (χ2n) is 3.89. The molecule has 0 aliphatic heterocycles. The van der Waals surface area contributed by atoms with Gasteiger partial charge in [0, 0.05) is 11.5 Å². The second kappa shape index (κ2) is 5.03. The van der Waals surface area contributed by atoms with Gasteiger partial charge in [0.05, 0.1) is 19.0 Å². The van der Waals surface area contributed by atoms with Crippen LogP contribution in [-0.4, -0.2) is 19.3 Å². The van der Waals surface area contributed by atoms with Gasteiger partial charge in [0.25, 0.3) is 0 Å². The van der Waals surface area contributed by atoms with Crippen molar-refractivity contribution in [3.05, 3.63) is 30.5 Å². The van der Waals surface area contributed by atoms with Crippen LogP contribution in [0.3, 0.4) is 0 Å². The number of hydrogen-bond acceptors (Lipinski definition) is 3. The molecular weight excluding hydrogens is 204 g/mol. The summed E-state index contributed by atoms with van der Waals surface area (Å²) in [5.41, 5.74) is 0.849. The van der Waals surface area contributed by atoms with Crippen LogP contribution in [0.5, 0.6) is 5.75 Å². The van der Waals surface area contributed by atoms with Gasteiger partial charge in [0.2, 0.25) is 0 Å². The number of fused-ring (bicyclic) bond motifs is 1. The molecule has 0 aliphatic rings. The fraction of sp³-hybridized carbons (Fsp3) is 0.385. The molecule has 86 valence electrons. The minimum atomic E-state index is 0.246. The average Bonchev–Trinajstić information content (AvgIpc) is 2.71. The summed E-state index contributed by atoms with van der Waals surface area (Å²) in [6.07, 6.45) is 1.92. The van der Waals surface area contributed by atoms with Gasteiger partial charge in [-0.15, -0.1) is 0 Å². The van der Waals surface area contributed by atoms with Crippen LogP contribution < -0.4 is 4.74 Å². The fourth-order valence-electron chi connectivity index (χ4n) is 1.47. The smallest absolute Gasteiger partial charge is 0.137 e. The van der Waals surface area contributed by atoms with E-state index in [0.717, 1.165) is 16.7 Å². The van der Waals surface area contributed by atoms with Gasteiger partial charge in [-0.2, -0.15) is 0 Å². The van der Waals surface area contributed by atoms with Gasteiger partial charge in [-0.05, 0) is 32.0 Å². The third kappa shape index (κ3) is 2.76. The van der Waals surface area contributed by atoms with Crippen LogP contribution in [0.25, 0.3) is 11.0 Å². The minimum absolute atomic E-state index is 0.246. The first-order valence-corrected chi connectivity index (χ1v) is 5.47. The standard InChI is InChI=1S/C13H16O3/c1-10(2)14-7-8-15-12-4-3-11-5-6-16-13(11)9-12/h3-6,9-10H,7-8H2,1-2H3. The molecule has 2 rings (SSSR count). The Hall–Kier alpha value is -1.48. The normalized spacial score (nSPS) is 11.2. The predicted octanol–water partition coefficient (Wildman–Crippen LogP) is 3.24. The second-order valence-corrected chi connectivity index (χ2v) is 3.89. The Morgan fingerprint density at radius 1 is 1.19 bits per heavy atom. The molecule has 0 bridgehead atoms. The molecule has 0 saturated carbocycles. The highest BCUT2D eigenvalue weighted by Gasteiger charge is 2.00. The largest absolute Gasteiger partial charge is 0.491 e. The van der Waals surface area contributed by atoms with Gasteiger partial charge in [-0.25, -0.2) is 0 Å². The Labute approximate surface area is 95.0 Å². The predicted molar refractivity (Wildman–Crippen MR) is 62.8 cm³/mol. The topological polar surface area (TPSA) is 31.6 Å². The third-order valence-electron chi connectivity index (χ3n) is 2.23. The van der Waals surface area contributed by atoms with Crippen molar-refractivity contribution in [1.29, 1.82) is 0 Å². The summed E-state index contributed by atoms with van der Waals surface area (Å²) in [6, 6.07) is 7.75. The molecule has 3 nitrogen and oxygen atoms in total. The Balaban J connectivity index is 1.89. The minimum Gasteiger partial charge on any atom is -0.491 e. The maximum atomic E-state index is 5.55. The van der Waals surface area contributed by atoms with E-state index in [4.69, 9.17) is 13.9 Å². The molecule has 0 radical (unpaired) electrons. The van der Waals surface area contributed by atoms with Crippen molar-refractivity contribution >= 4 is 11.0 Å². The number of ether oxygens (including phenoxy) is 2. The number of hydrogen-bond donors (Lipinski definition) is 0. The average molecular weight is 220 g/mol. The SMILES string of the molecule is CC(C)OCCOc1ccc2ccoc2c1. The highest BCUT2D eigenvalue weighted by molar-refractivity contribution is 5.78. The summed E-state index contributed by atoms with van der Waals surface area (Å²) in [6.45, 7) is 5.18. The molecule has 16 heavy (non-hydrogen) atoms. The van der Waals surface area contributed by atoms with Gasteiger partial charge in [0.15, 0.2) is 0 Å². The van der Waals surface area contributed by atoms with Gasteiger partial charge >= 0.3 is 0 Å². The van der Waals surface area contributed by atoms with Crippen LogP contribution in [0.1, 0.15) is 13.8 Å². The first-order valence-electron chi connectivity index (χ1n) is 5.47. The summed E-state index contributed by atoms with van der Waals surface area (Å²) in [4.78, 5) is 0. The highest BCUT2D eigenvalue weighted by atomic mass is 16.5. The zero-order valence-corrected chi connectivity index (χ0v) is 9.60. The molecule has 0 unspecified atom stereocenters. The molecule has 0 amide bonds. The third-order valence-corrected chi connectivity index (χ3v) is 2.23. The van der Waals surface area contributed by atoms with E-state index in [-0.39, 0.29) is 6.10 Å². The van der Waals surface area contributed by atoms with Crippen molar-refractivity contribution in [2.75, 3.05) is 13.2 Å². The lowest BCUT2D eigenvalue weighted by molar-refractivity contribution is 0.0553. The summed E-state index contributed by atoms with van der Waals surface area (Å²) >= 11 is 0. The fourth-order valence-corrected chi connectivity index (χ4v) is 1.47. The Bertz CT molecular complexity index is 445. The Morgan fingerprint density at radius 2 is 2.06 bits per heavy atom. The summed E-state index contributed by atoms with van der Waals surface area (Å²) in [5, 5.41) is 1.09. The zero-order chi connectivity index (χ0) is 11.4. The van der Waals surface area contributed by atoms with E-state index in [9.17, 15) is 0 Å². The monoisotopic (exact) mass is 220 g/mol. The van der Waals surface area contributed by atoms with Gasteiger partial charge in [-0.3, -0.25) is 0 Å². The van der Waals surface area contributed by atoms with Crippen molar-refractivity contribution in [2.24, 2.45) is 0 Å². The molecule has 2 aromatic rings. The number of furan rings is 1. The first-order chi connectivity index (χ1) is 7.75. The van der Waals surface area contributed by atoms with Gasteiger partial charge < -0.3 is 13.9 Å². The molecule has 0 atom stereocenters. The Kier molecular flexibility index (Phi) is 3.47. The van der Waals surface area contributed by atoms with E-state index < -0.39 is 0 Å². The quantitative estimate of drug-likeness (QED) is 0.725. The summed E-state index contributed by atoms with van der Waals surface area (Å²) in [5.74, 6) is 0.815. The van der Waals surface area contributed by atoms with Crippen molar-refractivity contribution in [3.8, 4) is 5.75 Å². The number of benzene rings is 1. The lowest BCUT2D eigenvalue weighted by Crippen LogP contribution is -2.11. The van der Waals surface area contributed by atoms with Crippen molar-refractivity contribution < 1.29 is 13.9 Å². The summed E-state index contributed by atoms with van der Waals surface area (Å²) in [7, 11) is 0. The maximum absolute atomic E-state index is 5.55. The van der Waals surface area contributed by atoms with Gasteiger partial charge in [0.1, 0.15) is 17.9 Å². The molecular formula is C13H16O3. The molecule has 0 N–H and O–H groups in total. The van der Waals surface area contributed by atoms with Crippen molar-refractivity contribution in [1.82, 2.24) is 0 Å². The molecule has 1 aromatic carbocycles. The van der Waals surface area contributed by atoms with E-state index in [1.165, 1.54) is 0 Å². The Morgan fingerprint density at radius 3 is 2.88 bits per heavy atom. The molecule has 1 aromatic heterocycles. The number of rotatable bonds is 5. The summed E-state index contributed by atoms with van der Waals surface area (Å²) < 4.78 is 16.2. The molecule has 0 spiro atoms. The van der Waals surface area contributed by atoms with Crippen molar-refractivity contribution in [3.63, 3.8) is 0 Å².